The van der Waals surface area contributed by atoms with Crippen molar-refractivity contribution in [3.63, 3.8) is 0 Å². The molecule has 0 radical (unpaired) electrons. The Balaban J connectivity index is 1.70. The van der Waals surface area contributed by atoms with Crippen LogP contribution in [0.25, 0.3) is 0 Å². The molecule has 2 aromatic rings. The molecule has 1 saturated heterocycles. The first kappa shape index (κ1) is 68.5. The second kappa shape index (κ2) is 33.2. The molecule has 0 saturated carbocycles. The largest absolute Gasteiger partial charge is 0.445 e. The summed E-state index contributed by atoms with van der Waals surface area (Å²) in [5, 5.41) is 34.3. The van der Waals surface area contributed by atoms with Crippen LogP contribution in [0, 0.1) is 29.6 Å². The molecule has 1 unspecified atom stereocenters. The first-order valence-electron chi connectivity index (χ1n) is 28.2. The van der Waals surface area contributed by atoms with Crippen LogP contribution in [0.15, 0.2) is 54.6 Å². The van der Waals surface area contributed by atoms with E-state index >= 15 is 0 Å². The van der Waals surface area contributed by atoms with Crippen LogP contribution in [-0.4, -0.2) is 169 Å². The number of benzene rings is 2. The summed E-state index contributed by atoms with van der Waals surface area (Å²) in [4.78, 5) is 101. The molecule has 0 aliphatic carbocycles. The van der Waals surface area contributed by atoms with Crippen molar-refractivity contribution >= 4 is 47.2 Å². The third-order valence-electron chi connectivity index (χ3n) is 15.3. The summed E-state index contributed by atoms with van der Waals surface area (Å²) in [5.41, 5.74) is 13.1. The lowest BCUT2D eigenvalue weighted by Crippen LogP contribution is -2.60. The second-order valence-corrected chi connectivity index (χ2v) is 22.4. The van der Waals surface area contributed by atoms with Gasteiger partial charge in [0.1, 0.15) is 24.7 Å². The van der Waals surface area contributed by atoms with Gasteiger partial charge < -0.3 is 61.2 Å². The van der Waals surface area contributed by atoms with Gasteiger partial charge in [0.05, 0.1) is 54.8 Å². The third kappa shape index (κ3) is 19.8. The molecular formula is C58H96N10O12. The molecule has 0 aromatic heterocycles. The molecule has 0 bridgehead atoms. The van der Waals surface area contributed by atoms with Crippen LogP contribution < -0.4 is 38.1 Å². The highest BCUT2D eigenvalue weighted by molar-refractivity contribution is 5.98. The Morgan fingerprint density at radius 2 is 1.40 bits per heavy atom. The van der Waals surface area contributed by atoms with Crippen LogP contribution in [0.2, 0.25) is 0 Å². The predicted molar refractivity (Wildman–Crippen MR) is 306 cm³/mol. The van der Waals surface area contributed by atoms with E-state index in [1.807, 2.05) is 45.9 Å². The minimum absolute atomic E-state index is 0.0727. The fourth-order valence-corrected chi connectivity index (χ4v) is 10.2. The lowest BCUT2D eigenvalue weighted by atomic mass is 9.89. The summed E-state index contributed by atoms with van der Waals surface area (Å²) >= 11 is 0. The highest BCUT2D eigenvalue weighted by Crippen LogP contribution is 2.30. The Morgan fingerprint density at radius 1 is 0.762 bits per heavy atom. The van der Waals surface area contributed by atoms with E-state index in [-0.39, 0.29) is 43.1 Å². The number of carbonyl (C=O) groups is 7. The minimum Gasteiger partial charge on any atom is -0.445 e. The highest BCUT2D eigenvalue weighted by Gasteiger charge is 2.44. The van der Waals surface area contributed by atoms with Crippen LogP contribution in [0.3, 0.4) is 0 Å². The van der Waals surface area contributed by atoms with Crippen LogP contribution in [-0.2, 0) is 49.6 Å². The summed E-state index contributed by atoms with van der Waals surface area (Å²) in [6.07, 6.45) is -1.84. The van der Waals surface area contributed by atoms with E-state index in [0.29, 0.717) is 55.6 Å². The van der Waals surface area contributed by atoms with E-state index in [2.05, 4.69) is 26.6 Å². The van der Waals surface area contributed by atoms with E-state index < -0.39 is 114 Å². The number of rotatable bonds is 32. The van der Waals surface area contributed by atoms with Crippen molar-refractivity contribution in [3.8, 4) is 0 Å². The number of aliphatic hydroxyl groups is 2. The molecule has 450 valence electrons. The summed E-state index contributed by atoms with van der Waals surface area (Å²) in [6.45, 7) is 18.8. The minimum atomic E-state index is -1.23. The molecule has 2 aromatic carbocycles. The molecule has 13 atom stereocenters. The maximum atomic E-state index is 14.7. The Kier molecular flexibility index (Phi) is 28.5. The van der Waals surface area contributed by atoms with Gasteiger partial charge in [0.25, 0.3) is 0 Å². The average Bonchev–Trinajstić information content (AvgIpc) is 3.91. The van der Waals surface area contributed by atoms with Crippen LogP contribution >= 0.6 is 0 Å². The number of methoxy groups -OCH3 is 2. The molecular weight excluding hydrogens is 1030 g/mol. The Bertz CT molecular complexity index is 2270. The topological polar surface area (TPSA) is 310 Å². The summed E-state index contributed by atoms with van der Waals surface area (Å²) in [7, 11) is 6.13. The number of amides is 7. The monoisotopic (exact) mass is 1120 g/mol. The molecule has 1 heterocycles. The number of nitrogens with two attached hydrogens (primary N) is 2. The Morgan fingerprint density at radius 3 is 1.95 bits per heavy atom. The predicted octanol–water partition coefficient (Wildman–Crippen LogP) is 3.59. The maximum absolute atomic E-state index is 14.7. The van der Waals surface area contributed by atoms with Crippen LogP contribution in [0.5, 0.6) is 0 Å². The Labute approximate surface area is 474 Å². The Hall–Kier alpha value is -5.75. The lowest BCUT2D eigenvalue weighted by Gasteiger charge is -2.41. The number of ether oxygens (including phenoxy) is 3. The standard InChI is InChI=1S/C58H96N10O12/c1-15-36(8)49(44(78-13)31-45(69)68-30-20-24-43(68)51(79-14)37(9)52(71)62-38(10)50(70)40-21-17-16-18-22-40)66(11)56(75)47(34(4)5)65-55(74)48(35(6)7)67(12)58(77)80-32-39-25-27-41(28-26-39)63-53(72)42(23-19-29-61-57(60)76)64-54(73)46(59)33(2)3/h16-18,21-22,25-28,33-38,42-44,46-51,57,61,70,76H,15,19-20,23-24,29-32,59-60H2,1-14H3,(H,62,71)(H,63,72)(H,64,73)(H,65,74)/t36-,37+,38+,42-,43-,44+,46-,47-,48-,49-,50+,51+,57?/m0/s1. The normalized spacial score (nSPS) is 18.1. The molecule has 22 heteroatoms. The molecule has 80 heavy (non-hydrogen) atoms. The number of aliphatic hydroxyl groups excluding tert-OH is 2. The van der Waals surface area contributed by atoms with E-state index in [1.165, 1.54) is 26.2 Å². The molecule has 1 aliphatic heterocycles. The molecule has 1 fully saturated rings. The second-order valence-electron chi connectivity index (χ2n) is 22.4. The van der Waals surface area contributed by atoms with Crippen molar-refractivity contribution in [1.82, 2.24) is 36.0 Å². The number of nitrogens with one attached hydrogen (secondary N) is 5. The molecule has 1 aliphatic rings. The van der Waals surface area contributed by atoms with E-state index in [9.17, 15) is 43.8 Å². The quantitative estimate of drug-likeness (QED) is 0.0374. The van der Waals surface area contributed by atoms with Crippen molar-refractivity contribution in [3.05, 3.63) is 65.7 Å². The van der Waals surface area contributed by atoms with E-state index in [4.69, 9.17) is 25.7 Å². The molecule has 22 nitrogen and oxygen atoms in total. The van der Waals surface area contributed by atoms with Gasteiger partial charge in [0.2, 0.25) is 35.4 Å². The molecule has 11 N–H and O–H groups in total. The van der Waals surface area contributed by atoms with Gasteiger partial charge in [-0.25, -0.2) is 4.79 Å². The first-order valence-corrected chi connectivity index (χ1v) is 28.2. The average molecular weight is 1130 g/mol. The molecule has 0 spiro atoms. The fourth-order valence-electron chi connectivity index (χ4n) is 10.2. The number of hydrogen-bond acceptors (Lipinski definition) is 15. The van der Waals surface area contributed by atoms with Gasteiger partial charge in [0.15, 0.2) is 6.35 Å². The molecule has 3 rings (SSSR count). The maximum Gasteiger partial charge on any atom is 0.410 e. The van der Waals surface area contributed by atoms with E-state index in [0.717, 1.165) is 0 Å². The van der Waals surface area contributed by atoms with Crippen molar-refractivity contribution in [2.24, 2.45) is 41.1 Å². The highest BCUT2D eigenvalue weighted by atomic mass is 16.6. The van der Waals surface area contributed by atoms with Gasteiger partial charge in [-0.2, -0.15) is 0 Å². The number of carbonyl (C=O) groups excluding carboxylic acids is 7. The molecule has 7 amide bonds. The number of likely N-dealkylation sites (tertiary alicyclic amines) is 1. The van der Waals surface area contributed by atoms with Crippen molar-refractivity contribution in [1.29, 1.82) is 0 Å². The zero-order valence-corrected chi connectivity index (χ0v) is 49.8. The zero-order chi connectivity index (χ0) is 60.1. The fraction of sp³-hybridized carbons (Fsp3) is 0.672. The number of anilines is 1. The van der Waals surface area contributed by atoms with Gasteiger partial charge in [-0.3, -0.25) is 44.7 Å². The summed E-state index contributed by atoms with van der Waals surface area (Å²) in [6, 6.07) is 10.2. The van der Waals surface area contributed by atoms with Crippen LogP contribution in [0.4, 0.5) is 10.5 Å². The summed E-state index contributed by atoms with van der Waals surface area (Å²) in [5.74, 6) is -4.25. The third-order valence-corrected chi connectivity index (χ3v) is 15.3. The number of hydrogen-bond donors (Lipinski definition) is 9. The van der Waals surface area contributed by atoms with Gasteiger partial charge in [-0.1, -0.05) is 111 Å². The first-order chi connectivity index (χ1) is 37.7. The van der Waals surface area contributed by atoms with Gasteiger partial charge in [0, 0.05) is 40.5 Å². The summed E-state index contributed by atoms with van der Waals surface area (Å²) < 4.78 is 17.7. The van der Waals surface area contributed by atoms with Gasteiger partial charge >= 0.3 is 6.09 Å². The number of nitrogens with zero attached hydrogens (tertiary/aromatic N) is 3. The van der Waals surface area contributed by atoms with Crippen molar-refractivity contribution < 1.29 is 58.0 Å². The van der Waals surface area contributed by atoms with Crippen molar-refractivity contribution in [2.75, 3.05) is 46.7 Å². The SMILES string of the molecule is CC[C@H](C)[C@@H]([C@@H](CC(=O)N1CCC[C@H]1[C@H](OC)[C@@H](C)C(=O)N[C@H](C)[C@@H](O)c1ccccc1)OC)N(C)C(=O)[C@@H](NC(=O)[C@H](C(C)C)N(C)C(=O)OCc1ccc(NC(=O)[C@H](CCCNC(N)O)NC(=O)[C@@H](N)C(C)C)cc1)C(C)C. The van der Waals surface area contributed by atoms with E-state index in [1.54, 1.807) is 94.8 Å². The van der Waals surface area contributed by atoms with Gasteiger partial charge in [-0.05, 0) is 86.1 Å². The van der Waals surface area contributed by atoms with Gasteiger partial charge in [-0.15, -0.1) is 0 Å². The van der Waals surface area contributed by atoms with Crippen LogP contribution in [0.1, 0.15) is 125 Å². The zero-order valence-electron chi connectivity index (χ0n) is 49.8. The lowest BCUT2D eigenvalue weighted by molar-refractivity contribution is -0.148. The van der Waals surface area contributed by atoms with Crippen molar-refractivity contribution in [2.45, 2.75) is 181 Å². The smallest absolute Gasteiger partial charge is 0.410 e. The number of likely N-dealkylation sites (N-methyl/N-ethyl adjacent to an activating group) is 2.